The minimum Gasteiger partial charge on any atom is -0.503 e. The highest BCUT2D eigenvalue weighted by Crippen LogP contribution is 2.37. The Bertz CT molecular complexity index is 475. The van der Waals surface area contributed by atoms with Crippen molar-refractivity contribution >= 4 is 5.97 Å². The summed E-state index contributed by atoms with van der Waals surface area (Å²) in [4.78, 5) is 14.8. The molecule has 0 aliphatic carbocycles. The number of nitrogens with zero attached hydrogens (tertiary/aromatic N) is 1. The first kappa shape index (κ1) is 14.9. The number of ether oxygens (including phenoxy) is 3. The van der Waals surface area contributed by atoms with E-state index in [1.54, 1.807) is 0 Å². The van der Waals surface area contributed by atoms with Crippen molar-refractivity contribution in [3.05, 3.63) is 11.8 Å². The molecule has 0 saturated heterocycles. The number of carbonyl (C=O) groups excluding carboxylic acids is 1. The van der Waals surface area contributed by atoms with E-state index in [1.165, 1.54) is 6.92 Å². The van der Waals surface area contributed by atoms with Crippen LogP contribution in [0.5, 0.6) is 17.4 Å². The van der Waals surface area contributed by atoms with E-state index >= 15 is 0 Å². The Kier molecular flexibility index (Phi) is 4.41. The van der Waals surface area contributed by atoms with E-state index in [9.17, 15) is 23.1 Å². The van der Waals surface area contributed by atoms with Gasteiger partial charge in [0.15, 0.2) is 17.1 Å². The van der Waals surface area contributed by atoms with Crippen LogP contribution in [0.15, 0.2) is 6.20 Å². The second-order valence-electron chi connectivity index (χ2n) is 3.13. The van der Waals surface area contributed by atoms with Crippen LogP contribution >= 0.6 is 0 Å². The van der Waals surface area contributed by atoms with Crippen LogP contribution in [0.1, 0.15) is 17.3 Å². The average Bonchev–Trinajstić information content (AvgIpc) is 2.29. The molecule has 0 unspecified atom stereocenters. The third kappa shape index (κ3) is 3.63. The van der Waals surface area contributed by atoms with Crippen LogP contribution < -0.4 is 9.47 Å². The van der Waals surface area contributed by atoms with E-state index in [-0.39, 0.29) is 6.61 Å². The Labute approximate surface area is 105 Å². The Hall–Kier alpha value is -2.19. The molecule has 0 amide bonds. The number of methoxy groups -OCH3 is 1. The van der Waals surface area contributed by atoms with Gasteiger partial charge in [-0.1, -0.05) is 0 Å². The summed E-state index contributed by atoms with van der Waals surface area (Å²) in [6.45, 7) is 1.38. The zero-order valence-electron chi connectivity index (χ0n) is 9.95. The molecule has 1 heterocycles. The van der Waals surface area contributed by atoms with Gasteiger partial charge >= 0.3 is 12.3 Å². The van der Waals surface area contributed by atoms with Gasteiger partial charge in [-0.05, 0) is 6.92 Å². The van der Waals surface area contributed by atoms with Crippen LogP contribution in [-0.2, 0) is 4.74 Å². The van der Waals surface area contributed by atoms with Gasteiger partial charge in [0.1, 0.15) is 0 Å². The first-order chi connectivity index (χ1) is 8.80. The lowest BCUT2D eigenvalue weighted by Crippen LogP contribution is -2.21. The Morgan fingerprint density at radius 2 is 2.11 bits per heavy atom. The zero-order chi connectivity index (χ0) is 14.6. The lowest BCUT2D eigenvalue weighted by molar-refractivity contribution is -0.276. The standard InChI is InChI=1S/C10H10F3NO5/c1-3-18-9(16)6-7(17-2)5(15)4-14-8(6)19-10(11,12)13/h4,15H,3H2,1-2H3. The molecule has 9 heteroatoms. The largest absolute Gasteiger partial charge is 0.574 e. The summed E-state index contributed by atoms with van der Waals surface area (Å²) in [5, 5.41) is 9.40. The lowest BCUT2D eigenvalue weighted by Gasteiger charge is -2.14. The molecule has 0 radical (unpaired) electrons. The van der Waals surface area contributed by atoms with Crippen molar-refractivity contribution in [1.82, 2.24) is 4.98 Å². The first-order valence-corrected chi connectivity index (χ1v) is 4.99. The monoisotopic (exact) mass is 281 g/mol. The Morgan fingerprint density at radius 1 is 1.47 bits per heavy atom. The summed E-state index contributed by atoms with van der Waals surface area (Å²) in [6.07, 6.45) is -4.38. The number of hydrogen-bond acceptors (Lipinski definition) is 6. The molecular weight excluding hydrogens is 271 g/mol. The van der Waals surface area contributed by atoms with E-state index in [0.717, 1.165) is 7.11 Å². The molecular formula is C10H10F3NO5. The van der Waals surface area contributed by atoms with Gasteiger partial charge in [-0.3, -0.25) is 0 Å². The lowest BCUT2D eigenvalue weighted by atomic mass is 10.2. The van der Waals surface area contributed by atoms with Crippen molar-refractivity contribution in [1.29, 1.82) is 0 Å². The molecule has 0 aliphatic rings. The third-order valence-electron chi connectivity index (χ3n) is 1.87. The van der Waals surface area contributed by atoms with Crippen molar-refractivity contribution < 1.29 is 37.3 Å². The van der Waals surface area contributed by atoms with Crippen LogP contribution in [0.25, 0.3) is 0 Å². The summed E-state index contributed by atoms with van der Waals surface area (Å²) < 4.78 is 49.4. The summed E-state index contributed by atoms with van der Waals surface area (Å²) in [6, 6.07) is 0. The third-order valence-corrected chi connectivity index (χ3v) is 1.87. The number of halogens is 3. The zero-order valence-corrected chi connectivity index (χ0v) is 9.95. The maximum Gasteiger partial charge on any atom is 0.574 e. The maximum absolute atomic E-state index is 12.2. The first-order valence-electron chi connectivity index (χ1n) is 4.99. The molecule has 19 heavy (non-hydrogen) atoms. The van der Waals surface area contributed by atoms with Crippen LogP contribution in [0.4, 0.5) is 13.2 Å². The molecule has 0 saturated carbocycles. The molecule has 1 rings (SSSR count). The van der Waals surface area contributed by atoms with Crippen molar-refractivity contribution in [3.63, 3.8) is 0 Å². The van der Waals surface area contributed by atoms with Gasteiger partial charge < -0.3 is 19.3 Å². The maximum atomic E-state index is 12.2. The minimum absolute atomic E-state index is 0.0803. The quantitative estimate of drug-likeness (QED) is 0.849. The number of aromatic nitrogens is 1. The molecule has 106 valence electrons. The molecule has 0 fully saturated rings. The fraction of sp³-hybridized carbons (Fsp3) is 0.400. The molecule has 0 aromatic carbocycles. The van der Waals surface area contributed by atoms with Gasteiger partial charge in [-0.2, -0.15) is 0 Å². The molecule has 0 bridgehead atoms. The van der Waals surface area contributed by atoms with Crippen LogP contribution in [0, 0.1) is 0 Å². The summed E-state index contributed by atoms with van der Waals surface area (Å²) in [5.74, 6) is -3.32. The van der Waals surface area contributed by atoms with Gasteiger partial charge in [-0.25, -0.2) is 9.78 Å². The van der Waals surface area contributed by atoms with E-state index in [1.807, 2.05) is 0 Å². The minimum atomic E-state index is -5.05. The number of rotatable bonds is 4. The number of hydrogen-bond donors (Lipinski definition) is 1. The molecule has 6 nitrogen and oxygen atoms in total. The predicted molar refractivity (Wildman–Crippen MR) is 55.1 cm³/mol. The fourth-order valence-electron chi connectivity index (χ4n) is 1.25. The van der Waals surface area contributed by atoms with E-state index < -0.39 is 35.3 Å². The van der Waals surface area contributed by atoms with Gasteiger partial charge in [0.2, 0.25) is 5.88 Å². The molecule has 0 atom stereocenters. The van der Waals surface area contributed by atoms with Gasteiger partial charge in [0, 0.05) is 0 Å². The topological polar surface area (TPSA) is 77.9 Å². The number of aromatic hydroxyl groups is 1. The summed E-state index contributed by atoms with van der Waals surface area (Å²) in [7, 11) is 1.06. The fourth-order valence-corrected chi connectivity index (χ4v) is 1.25. The Morgan fingerprint density at radius 3 is 2.58 bits per heavy atom. The van der Waals surface area contributed by atoms with E-state index in [2.05, 4.69) is 19.2 Å². The molecule has 0 aliphatic heterocycles. The van der Waals surface area contributed by atoms with Crippen molar-refractivity contribution in [3.8, 4) is 17.4 Å². The Balaban J connectivity index is 3.34. The highest BCUT2D eigenvalue weighted by Gasteiger charge is 2.36. The number of carbonyl (C=O) groups is 1. The van der Waals surface area contributed by atoms with Crippen molar-refractivity contribution in [2.24, 2.45) is 0 Å². The van der Waals surface area contributed by atoms with Crippen LogP contribution in [0.3, 0.4) is 0 Å². The summed E-state index contributed by atoms with van der Waals surface area (Å²) >= 11 is 0. The van der Waals surface area contributed by atoms with E-state index in [4.69, 9.17) is 0 Å². The molecule has 0 spiro atoms. The van der Waals surface area contributed by atoms with Crippen LogP contribution in [-0.4, -0.2) is 36.1 Å². The van der Waals surface area contributed by atoms with Gasteiger partial charge in [0.05, 0.1) is 19.9 Å². The average molecular weight is 281 g/mol. The number of pyridine rings is 1. The second-order valence-corrected chi connectivity index (χ2v) is 3.13. The highest BCUT2D eigenvalue weighted by molar-refractivity contribution is 5.95. The van der Waals surface area contributed by atoms with Crippen molar-refractivity contribution in [2.75, 3.05) is 13.7 Å². The van der Waals surface area contributed by atoms with E-state index in [0.29, 0.717) is 6.20 Å². The smallest absolute Gasteiger partial charge is 0.503 e. The number of esters is 1. The highest BCUT2D eigenvalue weighted by atomic mass is 19.4. The van der Waals surface area contributed by atoms with Gasteiger partial charge in [0.25, 0.3) is 0 Å². The molecule has 1 aromatic heterocycles. The van der Waals surface area contributed by atoms with Gasteiger partial charge in [-0.15, -0.1) is 13.2 Å². The van der Waals surface area contributed by atoms with Crippen LogP contribution in [0.2, 0.25) is 0 Å². The predicted octanol–water partition coefficient (Wildman–Crippen LogP) is 1.87. The normalized spacial score (nSPS) is 11.0. The summed E-state index contributed by atoms with van der Waals surface area (Å²) in [5.41, 5.74) is -0.735. The van der Waals surface area contributed by atoms with Crippen molar-refractivity contribution in [2.45, 2.75) is 13.3 Å². The SMILES string of the molecule is CCOC(=O)c1c(OC(F)(F)F)ncc(O)c1OC. The molecule has 1 aromatic rings. The second kappa shape index (κ2) is 5.63. The molecule has 1 N–H and O–H groups in total. The number of alkyl halides is 3.